The van der Waals surface area contributed by atoms with Crippen molar-refractivity contribution in [2.45, 2.75) is 44.3 Å². The van der Waals surface area contributed by atoms with E-state index in [4.69, 9.17) is 20.9 Å². The van der Waals surface area contributed by atoms with Crippen LogP contribution in [-0.2, 0) is 21.4 Å². The number of halogens is 3. The molecule has 0 bridgehead atoms. The summed E-state index contributed by atoms with van der Waals surface area (Å²) in [6, 6.07) is 3.14. The Morgan fingerprint density at radius 2 is 2.08 bits per heavy atom. The van der Waals surface area contributed by atoms with Crippen LogP contribution < -0.4 is 4.72 Å². The summed E-state index contributed by atoms with van der Waals surface area (Å²) >= 11 is 6.22. The Kier molecular flexibility index (Phi) is 4.91. The van der Waals surface area contributed by atoms with Crippen molar-refractivity contribution in [2.24, 2.45) is 0 Å². The summed E-state index contributed by atoms with van der Waals surface area (Å²) in [5, 5.41) is 4.46. The average Bonchev–Trinajstić information content (AvgIpc) is 2.86. The largest absolute Gasteiger partial charge is 0.373 e. The van der Waals surface area contributed by atoms with Crippen molar-refractivity contribution in [2.75, 3.05) is 11.0 Å². The van der Waals surface area contributed by atoms with E-state index in [1.54, 1.807) is 6.07 Å². The van der Waals surface area contributed by atoms with Crippen LogP contribution >= 0.6 is 11.6 Å². The number of sulfonamides is 1. The van der Waals surface area contributed by atoms with Crippen molar-refractivity contribution in [1.29, 1.82) is 0 Å². The maximum Gasteiger partial charge on any atom is 0.248 e. The molecule has 1 heterocycles. The van der Waals surface area contributed by atoms with Crippen LogP contribution in [-0.4, -0.2) is 31.9 Å². The number of rotatable bonds is 5. The first-order valence-electron chi connectivity index (χ1n) is 7.68. The summed E-state index contributed by atoms with van der Waals surface area (Å²) in [7, 11) is -3.50. The molecule has 1 aliphatic carbocycles. The van der Waals surface area contributed by atoms with Gasteiger partial charge in [0.2, 0.25) is 15.9 Å². The standard InChI is InChI=1S/C15H17ClF2N2O4S/c1-25(21,22)20-14-11-7-12(16)9(6-13(11)24-19-14)8-23-10-2-4-15(17,18)5-3-10/h6-7,10H,2-5,8H2,1H3,(H,19,20). The van der Waals surface area contributed by atoms with Gasteiger partial charge in [0, 0.05) is 23.4 Å². The zero-order valence-corrected chi connectivity index (χ0v) is 15.0. The third kappa shape index (κ3) is 4.59. The van der Waals surface area contributed by atoms with E-state index < -0.39 is 15.9 Å². The number of nitrogens with zero attached hydrogens (tertiary/aromatic N) is 1. The molecule has 1 aromatic carbocycles. The quantitative estimate of drug-likeness (QED) is 0.830. The number of aromatic nitrogens is 1. The zero-order valence-electron chi connectivity index (χ0n) is 13.4. The van der Waals surface area contributed by atoms with E-state index in [1.165, 1.54) is 6.07 Å². The fraction of sp³-hybridized carbons (Fsp3) is 0.533. The molecule has 1 aromatic heterocycles. The van der Waals surface area contributed by atoms with Crippen molar-refractivity contribution < 1.29 is 26.5 Å². The molecule has 1 aliphatic rings. The number of benzene rings is 1. The van der Waals surface area contributed by atoms with Gasteiger partial charge in [-0.15, -0.1) is 0 Å². The van der Waals surface area contributed by atoms with E-state index in [0.717, 1.165) is 6.26 Å². The number of ether oxygens (including phenoxy) is 1. The van der Waals surface area contributed by atoms with Gasteiger partial charge in [0.05, 0.1) is 24.4 Å². The van der Waals surface area contributed by atoms with Crippen molar-refractivity contribution in [1.82, 2.24) is 5.16 Å². The van der Waals surface area contributed by atoms with Crippen LogP contribution in [0.2, 0.25) is 5.02 Å². The minimum Gasteiger partial charge on any atom is -0.373 e. The highest BCUT2D eigenvalue weighted by atomic mass is 35.5. The van der Waals surface area contributed by atoms with Crippen molar-refractivity contribution in [3.8, 4) is 0 Å². The van der Waals surface area contributed by atoms with Gasteiger partial charge in [0.25, 0.3) is 0 Å². The number of hydrogen-bond acceptors (Lipinski definition) is 5. The molecule has 10 heteroatoms. The van der Waals surface area contributed by atoms with Gasteiger partial charge in [-0.05, 0) is 25.0 Å². The third-order valence-electron chi connectivity index (χ3n) is 4.06. The number of fused-ring (bicyclic) bond motifs is 1. The highest BCUT2D eigenvalue weighted by Gasteiger charge is 2.35. The second-order valence-electron chi connectivity index (χ2n) is 6.21. The predicted molar refractivity (Wildman–Crippen MR) is 89.5 cm³/mol. The lowest BCUT2D eigenvalue weighted by Crippen LogP contribution is -2.29. The molecule has 0 spiro atoms. The van der Waals surface area contributed by atoms with Crippen LogP contribution in [0.4, 0.5) is 14.6 Å². The minimum atomic E-state index is -3.50. The molecule has 138 valence electrons. The lowest BCUT2D eigenvalue weighted by molar-refractivity contribution is -0.0838. The second kappa shape index (κ2) is 6.69. The smallest absolute Gasteiger partial charge is 0.248 e. The lowest BCUT2D eigenvalue weighted by atomic mass is 9.94. The van der Waals surface area contributed by atoms with Gasteiger partial charge in [-0.1, -0.05) is 16.8 Å². The molecular weight excluding hydrogens is 378 g/mol. The van der Waals surface area contributed by atoms with Crippen molar-refractivity contribution in [3.05, 3.63) is 22.7 Å². The summed E-state index contributed by atoms with van der Waals surface area (Å²) in [6.07, 6.45) is 1.03. The molecule has 0 radical (unpaired) electrons. The van der Waals surface area contributed by atoms with E-state index in [2.05, 4.69) is 9.88 Å². The van der Waals surface area contributed by atoms with Gasteiger partial charge < -0.3 is 9.26 Å². The minimum absolute atomic E-state index is 0.0568. The number of hydrogen-bond donors (Lipinski definition) is 1. The predicted octanol–water partition coefficient (Wildman–Crippen LogP) is 3.95. The summed E-state index contributed by atoms with van der Waals surface area (Å²) < 4.78 is 62.0. The zero-order chi connectivity index (χ0) is 18.2. The summed E-state index contributed by atoms with van der Waals surface area (Å²) in [5.74, 6) is -2.54. The van der Waals surface area contributed by atoms with E-state index in [0.29, 0.717) is 34.4 Å². The molecule has 6 nitrogen and oxygen atoms in total. The maximum absolute atomic E-state index is 13.2. The monoisotopic (exact) mass is 394 g/mol. The summed E-state index contributed by atoms with van der Waals surface area (Å²) in [4.78, 5) is 0. The first-order valence-corrected chi connectivity index (χ1v) is 9.95. The van der Waals surface area contributed by atoms with E-state index in [1.807, 2.05) is 0 Å². The number of alkyl halides is 2. The van der Waals surface area contributed by atoms with Gasteiger partial charge in [-0.2, -0.15) is 0 Å². The fourth-order valence-electron chi connectivity index (χ4n) is 2.75. The Balaban J connectivity index is 1.72. The second-order valence-corrected chi connectivity index (χ2v) is 8.37. The first-order chi connectivity index (χ1) is 11.6. The molecule has 3 rings (SSSR count). The van der Waals surface area contributed by atoms with Crippen LogP contribution in [0.3, 0.4) is 0 Å². The van der Waals surface area contributed by atoms with Crippen LogP contribution in [0.25, 0.3) is 11.0 Å². The fourth-order valence-corrected chi connectivity index (χ4v) is 3.46. The SMILES string of the molecule is CS(=O)(=O)Nc1noc2cc(COC3CCC(F)(F)CC3)c(Cl)cc12. The van der Waals surface area contributed by atoms with E-state index in [9.17, 15) is 17.2 Å². The van der Waals surface area contributed by atoms with E-state index >= 15 is 0 Å². The normalized spacial score (nSPS) is 18.6. The highest BCUT2D eigenvalue weighted by molar-refractivity contribution is 7.92. The molecule has 0 atom stereocenters. The Hall–Kier alpha value is -1.45. The summed E-state index contributed by atoms with van der Waals surface area (Å²) in [6.45, 7) is 0.153. The van der Waals surface area contributed by atoms with Crippen LogP contribution in [0.1, 0.15) is 31.2 Å². The molecule has 0 unspecified atom stereocenters. The van der Waals surface area contributed by atoms with Crippen LogP contribution in [0, 0.1) is 0 Å². The third-order valence-corrected chi connectivity index (χ3v) is 4.98. The maximum atomic E-state index is 13.2. The van der Waals surface area contributed by atoms with Crippen molar-refractivity contribution in [3.63, 3.8) is 0 Å². The lowest BCUT2D eigenvalue weighted by Gasteiger charge is -2.28. The molecule has 0 saturated heterocycles. The molecule has 2 aromatic rings. The molecule has 0 aliphatic heterocycles. The number of nitrogens with one attached hydrogen (secondary N) is 1. The molecule has 1 N–H and O–H groups in total. The van der Waals surface area contributed by atoms with Crippen LogP contribution in [0.5, 0.6) is 0 Å². The molecule has 0 amide bonds. The van der Waals surface area contributed by atoms with Crippen LogP contribution in [0.15, 0.2) is 16.7 Å². The Labute approximate surface area is 148 Å². The first kappa shape index (κ1) is 18.3. The molecular formula is C15H17ClF2N2O4S. The Morgan fingerprint density at radius 1 is 1.40 bits per heavy atom. The van der Waals surface area contributed by atoms with E-state index in [-0.39, 0.29) is 31.4 Å². The molecule has 1 saturated carbocycles. The number of anilines is 1. The Morgan fingerprint density at radius 3 is 2.72 bits per heavy atom. The molecule has 25 heavy (non-hydrogen) atoms. The van der Waals surface area contributed by atoms with Gasteiger partial charge in [-0.3, -0.25) is 4.72 Å². The summed E-state index contributed by atoms with van der Waals surface area (Å²) in [5.41, 5.74) is 0.970. The van der Waals surface area contributed by atoms with Gasteiger partial charge in [0.15, 0.2) is 11.4 Å². The highest BCUT2D eigenvalue weighted by Crippen LogP contribution is 2.35. The molecule has 1 fully saturated rings. The van der Waals surface area contributed by atoms with Crippen molar-refractivity contribution >= 4 is 38.4 Å². The average molecular weight is 395 g/mol. The van der Waals surface area contributed by atoms with Gasteiger partial charge in [-0.25, -0.2) is 17.2 Å². The topological polar surface area (TPSA) is 81.4 Å². The van der Waals surface area contributed by atoms with Gasteiger partial charge >= 0.3 is 0 Å². The van der Waals surface area contributed by atoms with Gasteiger partial charge in [0.1, 0.15) is 0 Å². The Bertz CT molecular complexity index is 875.